The van der Waals surface area contributed by atoms with E-state index >= 15 is 0 Å². The Morgan fingerprint density at radius 3 is 2.47 bits per heavy atom. The van der Waals surface area contributed by atoms with Gasteiger partial charge in [-0.3, -0.25) is 9.58 Å². The molecule has 17 heavy (non-hydrogen) atoms. The smallest absolute Gasteiger partial charge is 0.249 e. The van der Waals surface area contributed by atoms with E-state index in [-0.39, 0.29) is 18.3 Å². The molecular weight excluding hydrogens is 224 g/mol. The van der Waals surface area contributed by atoms with E-state index in [1.54, 1.807) is 4.68 Å². The number of nitrogens with zero attached hydrogens (tertiary/aromatic N) is 3. The van der Waals surface area contributed by atoms with Crippen LogP contribution in [0.2, 0.25) is 0 Å². The quantitative estimate of drug-likeness (QED) is 0.789. The van der Waals surface area contributed by atoms with Gasteiger partial charge in [0.15, 0.2) is 0 Å². The average Bonchev–Trinajstić information content (AvgIpc) is 2.39. The van der Waals surface area contributed by atoms with Crippen molar-refractivity contribution >= 4 is 0 Å². The van der Waals surface area contributed by atoms with E-state index in [1.165, 1.54) is 5.56 Å². The van der Waals surface area contributed by atoms with Crippen LogP contribution >= 0.6 is 0 Å². The maximum atomic E-state index is 12.8. The lowest BCUT2D eigenvalue weighted by atomic mass is 9.61. The summed E-state index contributed by atoms with van der Waals surface area (Å²) in [5, 5.41) is 4.38. The fourth-order valence-electron chi connectivity index (χ4n) is 3.30. The summed E-state index contributed by atoms with van der Waals surface area (Å²) in [5.41, 5.74) is 2.16. The van der Waals surface area contributed by atoms with E-state index in [4.69, 9.17) is 0 Å². The predicted octanol–water partition coefficient (Wildman–Crippen LogP) is 1.96. The first kappa shape index (κ1) is 11.1. The average molecular weight is 241 g/mol. The molecule has 3 rings (SSSR count). The molecule has 0 N–H and O–H groups in total. The molecule has 1 spiro atoms. The molecule has 0 bridgehead atoms. The van der Waals surface area contributed by atoms with Gasteiger partial charge in [0.25, 0.3) is 0 Å². The van der Waals surface area contributed by atoms with Crippen molar-refractivity contribution in [1.82, 2.24) is 14.7 Å². The predicted molar refractivity (Wildman–Crippen MR) is 59.8 cm³/mol. The molecule has 0 amide bonds. The van der Waals surface area contributed by atoms with Crippen molar-refractivity contribution in [3.63, 3.8) is 0 Å². The Labute approximate surface area is 99.4 Å². The molecule has 2 aliphatic rings. The lowest BCUT2D eigenvalue weighted by Crippen LogP contribution is -2.65. The number of alkyl halides is 2. The van der Waals surface area contributed by atoms with Crippen LogP contribution in [0.15, 0.2) is 6.20 Å². The second kappa shape index (κ2) is 3.28. The Balaban J connectivity index is 1.56. The second-order valence-electron chi connectivity index (χ2n) is 5.79. The number of aryl methyl sites for hydroxylation is 2. The molecule has 0 atom stereocenters. The van der Waals surface area contributed by atoms with Gasteiger partial charge in [0.2, 0.25) is 5.92 Å². The first-order chi connectivity index (χ1) is 7.88. The molecule has 1 aliphatic heterocycles. The largest absolute Gasteiger partial charge is 0.296 e. The molecule has 2 fully saturated rings. The van der Waals surface area contributed by atoms with E-state index in [2.05, 4.69) is 10.00 Å². The third-order valence-corrected chi connectivity index (χ3v) is 3.87. The lowest BCUT2D eigenvalue weighted by molar-refractivity contribution is -0.215. The number of hydrogen-bond acceptors (Lipinski definition) is 2. The van der Waals surface area contributed by atoms with E-state index in [0.717, 1.165) is 25.3 Å². The number of halogens is 2. The van der Waals surface area contributed by atoms with Gasteiger partial charge in [-0.1, -0.05) is 0 Å². The molecule has 0 radical (unpaired) electrons. The molecule has 0 unspecified atom stereocenters. The van der Waals surface area contributed by atoms with Crippen LogP contribution in [0.1, 0.15) is 24.1 Å². The van der Waals surface area contributed by atoms with Crippen molar-refractivity contribution in [2.75, 3.05) is 13.1 Å². The maximum absolute atomic E-state index is 12.8. The first-order valence-corrected chi connectivity index (χ1v) is 5.97. The van der Waals surface area contributed by atoms with E-state index < -0.39 is 5.92 Å². The summed E-state index contributed by atoms with van der Waals surface area (Å²) in [6, 6.07) is 0. The van der Waals surface area contributed by atoms with Gasteiger partial charge in [-0.05, 0) is 12.5 Å². The highest BCUT2D eigenvalue weighted by Crippen LogP contribution is 2.56. The van der Waals surface area contributed by atoms with Gasteiger partial charge >= 0.3 is 0 Å². The van der Waals surface area contributed by atoms with Gasteiger partial charge in [0.1, 0.15) is 0 Å². The van der Waals surface area contributed by atoms with Crippen LogP contribution in [0, 0.1) is 12.3 Å². The normalized spacial score (nSPS) is 25.6. The fraction of sp³-hybridized carbons (Fsp3) is 0.750. The fourth-order valence-corrected chi connectivity index (χ4v) is 3.30. The zero-order valence-electron chi connectivity index (χ0n) is 10.2. The van der Waals surface area contributed by atoms with Crippen LogP contribution < -0.4 is 0 Å². The second-order valence-corrected chi connectivity index (χ2v) is 5.79. The zero-order valence-corrected chi connectivity index (χ0v) is 10.2. The van der Waals surface area contributed by atoms with Gasteiger partial charge in [-0.25, -0.2) is 8.78 Å². The highest BCUT2D eigenvalue weighted by molar-refractivity contribution is 5.16. The maximum Gasteiger partial charge on any atom is 0.249 e. The number of aromatic nitrogens is 2. The van der Waals surface area contributed by atoms with Gasteiger partial charge in [0, 0.05) is 51.1 Å². The van der Waals surface area contributed by atoms with Crippen molar-refractivity contribution in [1.29, 1.82) is 0 Å². The standard InChI is InChI=1S/C12H17F2N3/c1-9-3-16(2)15-10(9)4-17-7-11(8-17)5-12(13,14)6-11/h3H,4-8H2,1-2H3. The minimum atomic E-state index is -2.40. The summed E-state index contributed by atoms with van der Waals surface area (Å²) in [6.45, 7) is 4.44. The van der Waals surface area contributed by atoms with E-state index in [9.17, 15) is 8.78 Å². The van der Waals surface area contributed by atoms with Crippen LogP contribution in [0.25, 0.3) is 0 Å². The molecule has 1 aromatic rings. The minimum Gasteiger partial charge on any atom is -0.296 e. The Bertz CT molecular complexity index is 437. The van der Waals surface area contributed by atoms with Crippen molar-refractivity contribution in [2.24, 2.45) is 12.5 Å². The third-order valence-electron chi connectivity index (χ3n) is 3.87. The van der Waals surface area contributed by atoms with Gasteiger partial charge in [-0.15, -0.1) is 0 Å². The Morgan fingerprint density at radius 2 is 2.00 bits per heavy atom. The number of hydrogen-bond donors (Lipinski definition) is 0. The van der Waals surface area contributed by atoms with E-state index in [0.29, 0.717) is 0 Å². The molecule has 1 aromatic heterocycles. The Morgan fingerprint density at radius 1 is 1.35 bits per heavy atom. The van der Waals surface area contributed by atoms with Crippen LogP contribution in [-0.2, 0) is 13.6 Å². The van der Waals surface area contributed by atoms with E-state index in [1.807, 2.05) is 20.2 Å². The summed E-state index contributed by atoms with van der Waals surface area (Å²) in [6.07, 6.45) is 2.15. The molecule has 3 nitrogen and oxygen atoms in total. The van der Waals surface area contributed by atoms with Crippen molar-refractivity contribution in [2.45, 2.75) is 32.2 Å². The lowest BCUT2D eigenvalue weighted by Gasteiger charge is -2.58. The topological polar surface area (TPSA) is 21.1 Å². The molecule has 94 valence electrons. The SMILES string of the molecule is Cc1cn(C)nc1CN1CC2(C1)CC(F)(F)C2. The summed E-state index contributed by atoms with van der Waals surface area (Å²) in [7, 11) is 1.90. The molecule has 0 aromatic carbocycles. The number of rotatable bonds is 2. The molecule has 1 saturated heterocycles. The molecule has 1 aliphatic carbocycles. The zero-order chi connectivity index (χ0) is 12.3. The van der Waals surface area contributed by atoms with Crippen LogP contribution in [0.5, 0.6) is 0 Å². The Hall–Kier alpha value is -0.970. The molecule has 5 heteroatoms. The molecule has 2 heterocycles. The van der Waals surface area contributed by atoms with Gasteiger partial charge in [0.05, 0.1) is 5.69 Å². The van der Waals surface area contributed by atoms with Crippen LogP contribution in [0.3, 0.4) is 0 Å². The summed E-state index contributed by atoms with van der Waals surface area (Å²) >= 11 is 0. The van der Waals surface area contributed by atoms with Crippen molar-refractivity contribution in [3.05, 3.63) is 17.5 Å². The van der Waals surface area contributed by atoms with Crippen LogP contribution in [-0.4, -0.2) is 33.7 Å². The van der Waals surface area contributed by atoms with Crippen molar-refractivity contribution in [3.8, 4) is 0 Å². The summed E-state index contributed by atoms with van der Waals surface area (Å²) in [5.74, 6) is -2.40. The Kier molecular flexibility index (Phi) is 2.15. The van der Waals surface area contributed by atoms with Gasteiger partial charge < -0.3 is 0 Å². The third kappa shape index (κ3) is 1.86. The summed E-state index contributed by atoms with van der Waals surface area (Å²) in [4.78, 5) is 2.21. The number of likely N-dealkylation sites (tertiary alicyclic amines) is 1. The summed E-state index contributed by atoms with van der Waals surface area (Å²) < 4.78 is 27.5. The highest BCUT2D eigenvalue weighted by atomic mass is 19.3. The van der Waals surface area contributed by atoms with Gasteiger partial charge in [-0.2, -0.15) is 5.10 Å². The highest BCUT2D eigenvalue weighted by Gasteiger charge is 2.61. The minimum absolute atomic E-state index is 0.0772. The first-order valence-electron chi connectivity index (χ1n) is 5.97. The van der Waals surface area contributed by atoms with Crippen LogP contribution in [0.4, 0.5) is 8.78 Å². The molecule has 1 saturated carbocycles. The van der Waals surface area contributed by atoms with Crippen molar-refractivity contribution < 1.29 is 8.78 Å². The molecular formula is C12H17F2N3. The monoisotopic (exact) mass is 241 g/mol.